The number of hydrogen-bond donors (Lipinski definition) is 0. The molecular formula is C25H28N2O5S. The number of amides is 2. The molecule has 0 fully saturated rings. The minimum Gasteiger partial charge on any atom is -0.491 e. The van der Waals surface area contributed by atoms with Crippen LogP contribution in [-0.2, 0) is 27.3 Å². The summed E-state index contributed by atoms with van der Waals surface area (Å²) in [5.41, 5.74) is 2.28. The fourth-order valence-electron chi connectivity index (χ4n) is 3.98. The fraction of sp³-hybridized carbons (Fsp3) is 0.360. The second kappa shape index (κ2) is 10.7. The third-order valence-electron chi connectivity index (χ3n) is 5.72. The molecule has 3 aromatic rings. The number of ether oxygens (including phenoxy) is 2. The number of carbonyl (C=O) groups excluding carboxylic acids is 2. The zero-order valence-corrected chi connectivity index (χ0v) is 19.7. The normalized spacial score (nSPS) is 15.2. The van der Waals surface area contributed by atoms with Gasteiger partial charge in [0.2, 0.25) is 11.8 Å². The van der Waals surface area contributed by atoms with Crippen molar-refractivity contribution in [2.45, 2.75) is 25.9 Å². The van der Waals surface area contributed by atoms with E-state index in [1.807, 2.05) is 36.1 Å². The number of hydrogen-bond acceptors (Lipinski definition) is 6. The van der Waals surface area contributed by atoms with E-state index in [1.165, 1.54) is 16.9 Å². The van der Waals surface area contributed by atoms with Crippen LogP contribution >= 0.6 is 11.3 Å². The summed E-state index contributed by atoms with van der Waals surface area (Å²) in [4.78, 5) is 30.7. The van der Waals surface area contributed by atoms with E-state index in [0.29, 0.717) is 18.9 Å². The molecule has 7 nitrogen and oxygen atoms in total. The Morgan fingerprint density at radius 1 is 1.21 bits per heavy atom. The minimum absolute atomic E-state index is 0.0522. The van der Waals surface area contributed by atoms with Crippen molar-refractivity contribution in [3.8, 4) is 5.75 Å². The standard InChI is InChI=1S/C25H28N2O5S/c1-18-5-7-19(8-6-18)32-16-22-21-10-13-33-23(21)9-11-27(22)24(28)15-26(25(29)17-30-2)14-20-4-3-12-31-20/h3-8,10,12-13,22H,9,11,14-17H2,1-2H3. The molecule has 0 radical (unpaired) electrons. The highest BCUT2D eigenvalue weighted by atomic mass is 32.1. The van der Waals surface area contributed by atoms with Crippen molar-refractivity contribution in [3.05, 3.63) is 75.9 Å². The maximum absolute atomic E-state index is 13.5. The van der Waals surface area contributed by atoms with Gasteiger partial charge < -0.3 is 23.7 Å². The molecule has 1 aromatic carbocycles. The fourth-order valence-corrected chi connectivity index (χ4v) is 4.90. The molecule has 0 bridgehead atoms. The lowest BCUT2D eigenvalue weighted by molar-refractivity contribution is -0.145. The quantitative estimate of drug-likeness (QED) is 0.477. The molecule has 2 aromatic heterocycles. The Hall–Kier alpha value is -3.10. The lowest BCUT2D eigenvalue weighted by atomic mass is 10.0. The summed E-state index contributed by atoms with van der Waals surface area (Å²) < 4.78 is 16.5. The number of benzene rings is 1. The van der Waals surface area contributed by atoms with Crippen molar-refractivity contribution in [1.29, 1.82) is 0 Å². The molecule has 0 spiro atoms. The third-order valence-corrected chi connectivity index (χ3v) is 6.71. The SMILES string of the molecule is COCC(=O)N(CC(=O)N1CCc2sccc2C1COc1ccc(C)cc1)Cc1ccco1. The molecule has 0 N–H and O–H groups in total. The predicted octanol–water partition coefficient (Wildman–Crippen LogP) is 3.83. The molecule has 1 unspecified atom stereocenters. The second-order valence-electron chi connectivity index (χ2n) is 8.04. The number of rotatable bonds is 9. The molecular weight excluding hydrogens is 440 g/mol. The number of methoxy groups -OCH3 is 1. The number of carbonyl (C=O) groups is 2. The van der Waals surface area contributed by atoms with Gasteiger partial charge in [-0.1, -0.05) is 17.7 Å². The van der Waals surface area contributed by atoms with Gasteiger partial charge in [0.15, 0.2) is 0 Å². The van der Waals surface area contributed by atoms with Crippen LogP contribution in [0.5, 0.6) is 5.75 Å². The van der Waals surface area contributed by atoms with E-state index in [2.05, 4.69) is 11.4 Å². The molecule has 1 atom stereocenters. The van der Waals surface area contributed by atoms with Gasteiger partial charge in [-0.3, -0.25) is 9.59 Å². The monoisotopic (exact) mass is 468 g/mol. The summed E-state index contributed by atoms with van der Waals surface area (Å²) in [5.74, 6) is 0.999. The van der Waals surface area contributed by atoms with Gasteiger partial charge in [0.25, 0.3) is 0 Å². The summed E-state index contributed by atoms with van der Waals surface area (Å²) in [6.45, 7) is 3.03. The Labute approximate surface area is 197 Å². The first-order valence-corrected chi connectivity index (χ1v) is 11.8. The van der Waals surface area contributed by atoms with Gasteiger partial charge in [0.1, 0.15) is 31.3 Å². The highest BCUT2D eigenvalue weighted by Gasteiger charge is 2.33. The highest BCUT2D eigenvalue weighted by molar-refractivity contribution is 7.10. The molecule has 0 saturated carbocycles. The Morgan fingerprint density at radius 3 is 2.76 bits per heavy atom. The van der Waals surface area contributed by atoms with Gasteiger partial charge in [0.05, 0.1) is 18.8 Å². The Bertz CT molecular complexity index is 1060. The van der Waals surface area contributed by atoms with E-state index < -0.39 is 0 Å². The first-order chi connectivity index (χ1) is 16.0. The third kappa shape index (κ3) is 5.64. The van der Waals surface area contributed by atoms with Crippen LogP contribution in [0.2, 0.25) is 0 Å². The minimum atomic E-state index is -0.261. The van der Waals surface area contributed by atoms with Crippen LogP contribution in [0.4, 0.5) is 0 Å². The summed E-state index contributed by atoms with van der Waals surface area (Å²) in [6, 6.07) is 13.3. The van der Waals surface area contributed by atoms with E-state index in [0.717, 1.165) is 23.3 Å². The average Bonchev–Trinajstić information content (AvgIpc) is 3.50. The molecule has 33 heavy (non-hydrogen) atoms. The predicted molar refractivity (Wildman–Crippen MR) is 125 cm³/mol. The largest absolute Gasteiger partial charge is 0.491 e. The van der Waals surface area contributed by atoms with Crippen molar-refractivity contribution in [2.24, 2.45) is 0 Å². The van der Waals surface area contributed by atoms with Gasteiger partial charge in [-0.2, -0.15) is 0 Å². The second-order valence-corrected chi connectivity index (χ2v) is 9.04. The molecule has 1 aliphatic heterocycles. The molecule has 8 heteroatoms. The molecule has 3 heterocycles. The molecule has 4 rings (SSSR count). The van der Waals surface area contributed by atoms with E-state index in [1.54, 1.807) is 29.7 Å². The van der Waals surface area contributed by atoms with Crippen molar-refractivity contribution in [3.63, 3.8) is 0 Å². The molecule has 0 saturated heterocycles. The molecule has 1 aliphatic rings. The van der Waals surface area contributed by atoms with Gasteiger partial charge >= 0.3 is 0 Å². The summed E-state index contributed by atoms with van der Waals surface area (Å²) >= 11 is 1.71. The average molecular weight is 469 g/mol. The lowest BCUT2D eigenvalue weighted by Crippen LogP contribution is -2.48. The summed E-state index contributed by atoms with van der Waals surface area (Å²) in [7, 11) is 1.46. The van der Waals surface area contributed by atoms with Crippen LogP contribution < -0.4 is 4.74 Å². The van der Waals surface area contributed by atoms with E-state index >= 15 is 0 Å². The van der Waals surface area contributed by atoms with Crippen molar-refractivity contribution in [1.82, 2.24) is 9.80 Å². The molecule has 174 valence electrons. The van der Waals surface area contributed by atoms with Gasteiger partial charge in [-0.05, 0) is 54.6 Å². The number of furan rings is 1. The van der Waals surface area contributed by atoms with Crippen LogP contribution in [0.15, 0.2) is 58.5 Å². The number of nitrogens with zero attached hydrogens (tertiary/aromatic N) is 2. The van der Waals surface area contributed by atoms with Crippen LogP contribution in [0.3, 0.4) is 0 Å². The van der Waals surface area contributed by atoms with E-state index in [9.17, 15) is 9.59 Å². The van der Waals surface area contributed by atoms with E-state index in [4.69, 9.17) is 13.9 Å². The number of fused-ring (bicyclic) bond motifs is 1. The number of thiophene rings is 1. The summed E-state index contributed by atoms with van der Waals surface area (Å²) in [6.07, 6.45) is 2.35. The lowest BCUT2D eigenvalue weighted by Gasteiger charge is -2.37. The smallest absolute Gasteiger partial charge is 0.249 e. The van der Waals surface area contributed by atoms with Gasteiger partial charge in [-0.25, -0.2) is 0 Å². The van der Waals surface area contributed by atoms with Crippen LogP contribution in [-0.4, -0.2) is 55.0 Å². The Kier molecular flexibility index (Phi) is 7.47. The maximum Gasteiger partial charge on any atom is 0.249 e. The first kappa shape index (κ1) is 23.1. The van der Waals surface area contributed by atoms with Crippen LogP contribution in [0, 0.1) is 6.92 Å². The number of aryl methyl sites for hydroxylation is 1. The Balaban J connectivity index is 1.50. The van der Waals surface area contributed by atoms with Gasteiger partial charge in [-0.15, -0.1) is 11.3 Å². The van der Waals surface area contributed by atoms with Crippen LogP contribution in [0.1, 0.15) is 27.8 Å². The Morgan fingerprint density at radius 2 is 2.03 bits per heavy atom. The van der Waals surface area contributed by atoms with Crippen molar-refractivity contribution in [2.75, 3.05) is 33.4 Å². The topological polar surface area (TPSA) is 72.2 Å². The zero-order valence-electron chi connectivity index (χ0n) is 18.9. The van der Waals surface area contributed by atoms with Crippen molar-refractivity contribution < 1.29 is 23.5 Å². The highest BCUT2D eigenvalue weighted by Crippen LogP contribution is 2.34. The summed E-state index contributed by atoms with van der Waals surface area (Å²) in [5, 5.41) is 2.06. The zero-order chi connectivity index (χ0) is 23.2. The molecule has 0 aliphatic carbocycles. The van der Waals surface area contributed by atoms with Crippen molar-refractivity contribution >= 4 is 23.2 Å². The van der Waals surface area contributed by atoms with Gasteiger partial charge in [0, 0.05) is 18.5 Å². The molecule has 2 amide bonds. The van der Waals surface area contributed by atoms with E-state index in [-0.39, 0.29) is 37.6 Å². The first-order valence-electron chi connectivity index (χ1n) is 10.9. The van der Waals surface area contributed by atoms with Crippen LogP contribution in [0.25, 0.3) is 0 Å². The maximum atomic E-state index is 13.5.